The molecule has 3 rings (SSSR count). The molecule has 0 aliphatic carbocycles. The molecule has 0 saturated carbocycles. The second-order valence-electron chi connectivity index (χ2n) is 5.11. The van der Waals surface area contributed by atoms with E-state index in [-0.39, 0.29) is 11.9 Å². The highest BCUT2D eigenvalue weighted by Crippen LogP contribution is 2.36. The molecule has 0 aromatic heterocycles. The minimum absolute atomic E-state index is 0.121. The van der Waals surface area contributed by atoms with Crippen molar-refractivity contribution < 1.29 is 9.84 Å². The summed E-state index contributed by atoms with van der Waals surface area (Å²) < 4.78 is 5.17. The number of phenols is 1. The average Bonchev–Trinajstić information content (AvgIpc) is 2.54. The minimum atomic E-state index is -0.144. The van der Waals surface area contributed by atoms with Crippen molar-refractivity contribution in [2.45, 2.75) is 6.17 Å². The Hall–Kier alpha value is -2.88. The molecule has 2 aromatic carbocycles. The lowest BCUT2D eigenvalue weighted by atomic mass is 9.98. The number of methoxy groups -OCH3 is 1. The van der Waals surface area contributed by atoms with E-state index in [1.165, 1.54) is 7.11 Å². The average molecular weight is 294 g/mol. The monoisotopic (exact) mass is 294 g/mol. The summed E-state index contributed by atoms with van der Waals surface area (Å²) in [5, 5.41) is 16.5. The maximum absolute atomic E-state index is 9.72. The second-order valence-corrected chi connectivity index (χ2v) is 5.11. The third-order valence-corrected chi connectivity index (χ3v) is 3.77. The fourth-order valence-electron chi connectivity index (χ4n) is 2.68. The van der Waals surface area contributed by atoms with E-state index < -0.39 is 0 Å². The molecular weight excluding hydrogens is 276 g/mol. The van der Waals surface area contributed by atoms with Gasteiger partial charge in [-0.25, -0.2) is 0 Å². The summed E-state index contributed by atoms with van der Waals surface area (Å²) >= 11 is 0. The van der Waals surface area contributed by atoms with Crippen LogP contribution >= 0.6 is 0 Å². The highest BCUT2D eigenvalue weighted by Gasteiger charge is 2.23. The van der Waals surface area contributed by atoms with E-state index in [1.54, 1.807) is 12.1 Å². The van der Waals surface area contributed by atoms with Gasteiger partial charge in [0.05, 0.1) is 7.11 Å². The minimum Gasteiger partial charge on any atom is -0.504 e. The van der Waals surface area contributed by atoms with Crippen LogP contribution in [0, 0.1) is 0 Å². The van der Waals surface area contributed by atoms with Crippen LogP contribution in [0.15, 0.2) is 49.6 Å². The molecule has 1 aliphatic heterocycles. The van der Waals surface area contributed by atoms with Crippen LogP contribution in [0.25, 0.3) is 11.8 Å². The van der Waals surface area contributed by atoms with E-state index in [0.29, 0.717) is 5.75 Å². The number of rotatable bonds is 3. The summed E-state index contributed by atoms with van der Waals surface area (Å²) in [5.41, 5.74) is 4.84. The molecule has 3 N–H and O–H groups in total. The van der Waals surface area contributed by atoms with Gasteiger partial charge >= 0.3 is 0 Å². The maximum atomic E-state index is 9.72. The smallest absolute Gasteiger partial charge is 0.160 e. The Labute approximate surface area is 129 Å². The van der Waals surface area contributed by atoms with Gasteiger partial charge in [0.15, 0.2) is 11.5 Å². The molecular formula is C18H18N2O2. The highest BCUT2D eigenvalue weighted by molar-refractivity contribution is 5.83. The molecule has 1 atom stereocenters. The highest BCUT2D eigenvalue weighted by atomic mass is 16.5. The lowest BCUT2D eigenvalue weighted by Crippen LogP contribution is -2.31. The van der Waals surface area contributed by atoms with E-state index in [0.717, 1.165) is 28.1 Å². The second kappa shape index (κ2) is 5.48. The number of fused-ring (bicyclic) bond motifs is 1. The van der Waals surface area contributed by atoms with E-state index >= 15 is 0 Å². The number of phenolic OH excluding ortho intramolecular Hbond substituents is 1. The largest absolute Gasteiger partial charge is 0.504 e. The fraction of sp³-hybridized carbons (Fsp3) is 0.111. The number of nitrogens with one attached hydrogen (secondary N) is 2. The summed E-state index contributed by atoms with van der Waals surface area (Å²) in [5.74, 6) is 0.563. The van der Waals surface area contributed by atoms with E-state index in [2.05, 4.69) is 23.8 Å². The van der Waals surface area contributed by atoms with E-state index in [9.17, 15) is 5.11 Å². The van der Waals surface area contributed by atoms with Crippen molar-refractivity contribution >= 4 is 17.5 Å². The zero-order valence-corrected chi connectivity index (χ0v) is 12.4. The van der Waals surface area contributed by atoms with Crippen molar-refractivity contribution in [3.8, 4) is 11.5 Å². The van der Waals surface area contributed by atoms with E-state index in [4.69, 9.17) is 4.74 Å². The molecule has 112 valence electrons. The standard InChI is InChI=1S/C18H18N2O2/c1-4-12-6-5-7-14-17(12)11(2)19-18(20-14)13-8-9-15(21)16(10-13)22-3/h4-10,18-21H,1-2H2,3H3. The summed E-state index contributed by atoms with van der Waals surface area (Å²) in [4.78, 5) is 0. The molecule has 4 nitrogen and oxygen atoms in total. The van der Waals surface area contributed by atoms with Crippen molar-refractivity contribution in [2.75, 3.05) is 12.4 Å². The maximum Gasteiger partial charge on any atom is 0.160 e. The third-order valence-electron chi connectivity index (χ3n) is 3.77. The summed E-state index contributed by atoms with van der Waals surface area (Å²) in [7, 11) is 1.53. The Balaban J connectivity index is 1.99. The van der Waals surface area contributed by atoms with Crippen molar-refractivity contribution in [2.24, 2.45) is 0 Å². The van der Waals surface area contributed by atoms with Gasteiger partial charge in [0.25, 0.3) is 0 Å². The number of benzene rings is 2. The molecule has 0 amide bonds. The van der Waals surface area contributed by atoms with Crippen LogP contribution in [0.4, 0.5) is 5.69 Å². The van der Waals surface area contributed by atoms with Gasteiger partial charge in [-0.1, -0.05) is 37.4 Å². The molecule has 0 spiro atoms. The molecule has 1 aliphatic rings. The zero-order chi connectivity index (χ0) is 15.7. The Kier molecular flexibility index (Phi) is 3.51. The Morgan fingerprint density at radius 1 is 1.23 bits per heavy atom. The van der Waals surface area contributed by atoms with Gasteiger partial charge in [0, 0.05) is 16.9 Å². The Bertz CT molecular complexity index is 753. The normalized spacial score (nSPS) is 16.2. The lowest BCUT2D eigenvalue weighted by molar-refractivity contribution is 0.372. The van der Waals surface area contributed by atoms with Crippen LogP contribution in [0.1, 0.15) is 22.9 Å². The molecule has 0 bridgehead atoms. The van der Waals surface area contributed by atoms with Crippen molar-refractivity contribution in [3.05, 3.63) is 66.2 Å². The van der Waals surface area contributed by atoms with Gasteiger partial charge < -0.3 is 20.5 Å². The molecule has 2 aromatic rings. The SMILES string of the molecule is C=Cc1cccc2c1C(=C)NC(c1ccc(O)c(OC)c1)N2. The topological polar surface area (TPSA) is 53.5 Å². The lowest BCUT2D eigenvalue weighted by Gasteiger charge is -2.32. The first-order valence-electron chi connectivity index (χ1n) is 6.98. The number of ether oxygens (including phenoxy) is 1. The number of anilines is 1. The fourth-order valence-corrected chi connectivity index (χ4v) is 2.68. The number of hydrogen-bond acceptors (Lipinski definition) is 4. The molecule has 0 saturated heterocycles. The van der Waals surface area contributed by atoms with Gasteiger partial charge in [-0.05, 0) is 29.3 Å². The van der Waals surface area contributed by atoms with Gasteiger partial charge in [-0.3, -0.25) is 0 Å². The molecule has 1 unspecified atom stereocenters. The zero-order valence-electron chi connectivity index (χ0n) is 12.4. The van der Waals surface area contributed by atoms with Crippen LogP contribution in [0.2, 0.25) is 0 Å². The van der Waals surface area contributed by atoms with E-state index in [1.807, 2.05) is 30.3 Å². The van der Waals surface area contributed by atoms with Crippen LogP contribution in [0.3, 0.4) is 0 Å². The first-order valence-corrected chi connectivity index (χ1v) is 6.98. The van der Waals surface area contributed by atoms with Gasteiger partial charge in [0.2, 0.25) is 0 Å². The Morgan fingerprint density at radius 3 is 2.77 bits per heavy atom. The summed E-state index contributed by atoms with van der Waals surface area (Å²) in [6.07, 6.45) is 1.67. The van der Waals surface area contributed by atoms with Gasteiger partial charge in [-0.2, -0.15) is 0 Å². The summed E-state index contributed by atoms with van der Waals surface area (Å²) in [6, 6.07) is 11.3. The molecule has 4 heteroatoms. The van der Waals surface area contributed by atoms with Crippen molar-refractivity contribution in [1.29, 1.82) is 0 Å². The number of hydrogen-bond donors (Lipinski definition) is 3. The van der Waals surface area contributed by atoms with Crippen LogP contribution in [-0.2, 0) is 0 Å². The quantitative estimate of drug-likeness (QED) is 0.807. The predicted octanol–water partition coefficient (Wildman–Crippen LogP) is 3.73. The van der Waals surface area contributed by atoms with Crippen molar-refractivity contribution in [1.82, 2.24) is 5.32 Å². The predicted molar refractivity (Wildman–Crippen MR) is 89.7 cm³/mol. The number of aromatic hydroxyl groups is 1. The third kappa shape index (κ3) is 2.29. The first kappa shape index (κ1) is 14.1. The van der Waals surface area contributed by atoms with Gasteiger partial charge in [0.1, 0.15) is 6.17 Å². The van der Waals surface area contributed by atoms with Crippen LogP contribution < -0.4 is 15.4 Å². The Morgan fingerprint density at radius 2 is 2.05 bits per heavy atom. The first-order chi connectivity index (χ1) is 10.6. The molecule has 0 radical (unpaired) electrons. The summed E-state index contributed by atoms with van der Waals surface area (Å²) in [6.45, 7) is 7.96. The molecule has 1 heterocycles. The van der Waals surface area contributed by atoms with Crippen LogP contribution in [-0.4, -0.2) is 12.2 Å². The molecule has 0 fully saturated rings. The van der Waals surface area contributed by atoms with Crippen molar-refractivity contribution in [3.63, 3.8) is 0 Å². The van der Waals surface area contributed by atoms with Gasteiger partial charge in [-0.15, -0.1) is 0 Å². The van der Waals surface area contributed by atoms with Crippen LogP contribution in [0.5, 0.6) is 11.5 Å². The molecule has 22 heavy (non-hydrogen) atoms.